The third-order valence-electron chi connectivity index (χ3n) is 0.760. The standard InChI is InChI=1S/C5H8BO2/c1-4(6-7)5(2)8-3/h7H,1-2H2,3H3. The molecule has 8 heavy (non-hydrogen) atoms. The molecule has 0 unspecified atom stereocenters. The van der Waals surface area contributed by atoms with Crippen LogP contribution in [0, 0.1) is 0 Å². The summed E-state index contributed by atoms with van der Waals surface area (Å²) in [5.74, 6) is 0.382. The van der Waals surface area contributed by atoms with Crippen molar-refractivity contribution in [3.63, 3.8) is 0 Å². The van der Waals surface area contributed by atoms with Gasteiger partial charge in [0.25, 0.3) is 0 Å². The van der Waals surface area contributed by atoms with Crippen molar-refractivity contribution in [2.45, 2.75) is 0 Å². The van der Waals surface area contributed by atoms with Crippen LogP contribution in [0.2, 0.25) is 0 Å². The van der Waals surface area contributed by atoms with Crippen molar-refractivity contribution < 1.29 is 9.76 Å². The minimum atomic E-state index is 0.382. The summed E-state index contributed by atoms with van der Waals surface area (Å²) in [5, 5.41) is 8.27. The summed E-state index contributed by atoms with van der Waals surface area (Å²) in [7, 11) is 2.32. The number of rotatable bonds is 3. The van der Waals surface area contributed by atoms with Crippen LogP contribution >= 0.6 is 0 Å². The summed E-state index contributed by atoms with van der Waals surface area (Å²) in [4.78, 5) is 0. The molecule has 1 N–H and O–H groups in total. The van der Waals surface area contributed by atoms with E-state index in [9.17, 15) is 0 Å². The minimum absolute atomic E-state index is 0.382. The van der Waals surface area contributed by atoms with Gasteiger partial charge < -0.3 is 9.76 Å². The van der Waals surface area contributed by atoms with Crippen molar-refractivity contribution in [1.82, 2.24) is 0 Å². The summed E-state index contributed by atoms with van der Waals surface area (Å²) < 4.78 is 4.62. The number of methoxy groups -OCH3 is 1. The molecule has 0 aromatic rings. The van der Waals surface area contributed by atoms with E-state index < -0.39 is 0 Å². The molecule has 0 fully saturated rings. The van der Waals surface area contributed by atoms with Crippen LogP contribution in [-0.2, 0) is 4.74 Å². The van der Waals surface area contributed by atoms with Gasteiger partial charge in [0.1, 0.15) is 5.76 Å². The molecule has 0 heterocycles. The Balaban J connectivity index is 3.64. The molecule has 43 valence electrons. The Morgan fingerprint density at radius 3 is 2.25 bits per heavy atom. The first kappa shape index (κ1) is 7.30. The fraction of sp³-hybridized carbons (Fsp3) is 0.200. The predicted octanol–water partition coefficient (Wildman–Crippen LogP) is 0.272. The van der Waals surface area contributed by atoms with Crippen molar-refractivity contribution in [3.8, 4) is 0 Å². The highest BCUT2D eigenvalue weighted by Crippen LogP contribution is 2.00. The first-order chi connectivity index (χ1) is 3.72. The van der Waals surface area contributed by atoms with Gasteiger partial charge in [0.05, 0.1) is 7.11 Å². The van der Waals surface area contributed by atoms with Crippen LogP contribution in [-0.4, -0.2) is 19.6 Å². The Bertz CT molecular complexity index is 95.0. The second-order valence-corrected chi connectivity index (χ2v) is 1.28. The maximum atomic E-state index is 8.27. The first-order valence-corrected chi connectivity index (χ1v) is 2.12. The summed E-state index contributed by atoms with van der Waals surface area (Å²) in [6, 6.07) is 0. The van der Waals surface area contributed by atoms with Crippen LogP contribution in [0.4, 0.5) is 0 Å². The van der Waals surface area contributed by atoms with E-state index in [4.69, 9.17) is 5.02 Å². The van der Waals surface area contributed by atoms with E-state index >= 15 is 0 Å². The van der Waals surface area contributed by atoms with Crippen LogP contribution < -0.4 is 0 Å². The molecule has 0 aliphatic heterocycles. The van der Waals surface area contributed by atoms with Gasteiger partial charge in [-0.25, -0.2) is 0 Å². The van der Waals surface area contributed by atoms with Crippen LogP contribution in [0.3, 0.4) is 0 Å². The van der Waals surface area contributed by atoms with Gasteiger partial charge in [-0.3, -0.25) is 0 Å². The average molecular weight is 111 g/mol. The number of ether oxygens (including phenoxy) is 1. The molecule has 0 aliphatic rings. The van der Waals surface area contributed by atoms with E-state index in [2.05, 4.69) is 17.9 Å². The zero-order valence-electron chi connectivity index (χ0n) is 4.85. The number of hydrogen-bond acceptors (Lipinski definition) is 2. The second-order valence-electron chi connectivity index (χ2n) is 1.28. The SMILES string of the molecule is C=C([B]O)C(=C)OC. The van der Waals surface area contributed by atoms with Crippen molar-refractivity contribution in [1.29, 1.82) is 0 Å². The lowest BCUT2D eigenvalue weighted by molar-refractivity contribution is 0.305. The van der Waals surface area contributed by atoms with E-state index in [1.807, 2.05) is 0 Å². The van der Waals surface area contributed by atoms with Crippen molar-refractivity contribution in [2.24, 2.45) is 0 Å². The highest BCUT2D eigenvalue weighted by molar-refractivity contribution is 6.37. The van der Waals surface area contributed by atoms with E-state index in [1.54, 1.807) is 0 Å². The van der Waals surface area contributed by atoms with Gasteiger partial charge >= 0.3 is 7.48 Å². The molecule has 1 radical (unpaired) electrons. The molecule has 0 aliphatic carbocycles. The molecule has 0 saturated heterocycles. The quantitative estimate of drug-likeness (QED) is 0.321. The lowest BCUT2D eigenvalue weighted by Gasteiger charge is -2.00. The largest absolute Gasteiger partial charge is 0.498 e. The molecule has 0 aromatic heterocycles. The van der Waals surface area contributed by atoms with E-state index in [0.717, 1.165) is 7.48 Å². The van der Waals surface area contributed by atoms with Gasteiger partial charge in [0.2, 0.25) is 0 Å². The molecule has 3 heteroatoms. The smallest absolute Gasteiger partial charge is 0.329 e. The van der Waals surface area contributed by atoms with E-state index in [0.29, 0.717) is 11.2 Å². The highest BCUT2D eigenvalue weighted by atomic mass is 16.5. The third-order valence-corrected chi connectivity index (χ3v) is 0.760. The maximum Gasteiger partial charge on any atom is 0.329 e. The van der Waals surface area contributed by atoms with Crippen molar-refractivity contribution >= 4 is 7.48 Å². The molecule has 0 amide bonds. The van der Waals surface area contributed by atoms with Gasteiger partial charge in [-0.15, -0.1) is 0 Å². The molecule has 0 spiro atoms. The number of allylic oxidation sites excluding steroid dienone is 1. The Kier molecular flexibility index (Phi) is 3.04. The van der Waals surface area contributed by atoms with Crippen LogP contribution in [0.15, 0.2) is 24.4 Å². The summed E-state index contributed by atoms with van der Waals surface area (Å²) in [6.45, 7) is 6.84. The Morgan fingerprint density at radius 1 is 1.62 bits per heavy atom. The summed E-state index contributed by atoms with van der Waals surface area (Å²) >= 11 is 0. The fourth-order valence-corrected chi connectivity index (χ4v) is 0.203. The fourth-order valence-electron chi connectivity index (χ4n) is 0.203. The van der Waals surface area contributed by atoms with Crippen molar-refractivity contribution in [3.05, 3.63) is 24.4 Å². The second kappa shape index (κ2) is 3.33. The molecule has 0 rings (SSSR count). The maximum absolute atomic E-state index is 8.27. The summed E-state index contributed by atoms with van der Waals surface area (Å²) in [6.07, 6.45) is 0. The monoisotopic (exact) mass is 111 g/mol. The topological polar surface area (TPSA) is 29.5 Å². The van der Waals surface area contributed by atoms with E-state index in [-0.39, 0.29) is 0 Å². The van der Waals surface area contributed by atoms with Crippen LogP contribution in [0.5, 0.6) is 0 Å². The van der Waals surface area contributed by atoms with Crippen LogP contribution in [0.25, 0.3) is 0 Å². The third kappa shape index (κ3) is 1.84. The zero-order valence-corrected chi connectivity index (χ0v) is 4.85. The van der Waals surface area contributed by atoms with E-state index in [1.165, 1.54) is 7.11 Å². The van der Waals surface area contributed by atoms with Gasteiger partial charge in [0, 0.05) is 0 Å². The Morgan fingerprint density at radius 2 is 2.12 bits per heavy atom. The Hall–Kier alpha value is -0.695. The average Bonchev–Trinajstić information content (AvgIpc) is 1.84. The zero-order chi connectivity index (χ0) is 6.57. The molecular formula is C5H8BO2. The molecule has 2 nitrogen and oxygen atoms in total. The van der Waals surface area contributed by atoms with Gasteiger partial charge in [0.15, 0.2) is 0 Å². The predicted molar refractivity (Wildman–Crippen MR) is 33.3 cm³/mol. The molecule has 0 atom stereocenters. The van der Waals surface area contributed by atoms with Crippen LogP contribution in [0.1, 0.15) is 0 Å². The summed E-state index contributed by atoms with van der Waals surface area (Å²) in [5.41, 5.74) is 0.396. The van der Waals surface area contributed by atoms with Gasteiger partial charge in [-0.1, -0.05) is 13.2 Å². The minimum Gasteiger partial charge on any atom is -0.498 e. The lowest BCUT2D eigenvalue weighted by atomic mass is 9.89. The highest BCUT2D eigenvalue weighted by Gasteiger charge is 1.97. The lowest BCUT2D eigenvalue weighted by Crippen LogP contribution is -1.97. The molecule has 0 aromatic carbocycles. The molecule has 0 saturated carbocycles. The Labute approximate surface area is 49.7 Å². The molecule has 0 bridgehead atoms. The normalized spacial score (nSPS) is 7.75. The molecular weight excluding hydrogens is 103 g/mol. The van der Waals surface area contributed by atoms with Gasteiger partial charge in [-0.05, 0) is 5.47 Å². The van der Waals surface area contributed by atoms with Crippen molar-refractivity contribution in [2.75, 3.05) is 7.11 Å². The number of hydrogen-bond donors (Lipinski definition) is 1. The first-order valence-electron chi connectivity index (χ1n) is 2.12. The van der Waals surface area contributed by atoms with Gasteiger partial charge in [-0.2, -0.15) is 0 Å².